The van der Waals surface area contributed by atoms with Crippen molar-refractivity contribution in [3.05, 3.63) is 29.3 Å². The smallest absolute Gasteiger partial charge is 0.122 e. The number of hydrogen-bond acceptors (Lipinski definition) is 2. The van der Waals surface area contributed by atoms with Crippen LogP contribution in [0.4, 0.5) is 0 Å². The van der Waals surface area contributed by atoms with E-state index in [4.69, 9.17) is 9.84 Å². The molecule has 0 spiro atoms. The zero-order valence-electron chi connectivity index (χ0n) is 8.92. The third-order valence-electron chi connectivity index (χ3n) is 2.22. The van der Waals surface area contributed by atoms with Gasteiger partial charge < -0.3 is 9.84 Å². The number of aliphatic hydroxyl groups is 1. The van der Waals surface area contributed by atoms with Gasteiger partial charge in [-0.25, -0.2) is 0 Å². The van der Waals surface area contributed by atoms with E-state index < -0.39 is 0 Å². The van der Waals surface area contributed by atoms with Crippen LogP contribution in [0.2, 0.25) is 0 Å². The third kappa shape index (κ3) is 2.74. The number of benzene rings is 1. The molecule has 0 aromatic heterocycles. The lowest BCUT2D eigenvalue weighted by atomic mass is 10.0. The Hall–Kier alpha value is -1.02. The van der Waals surface area contributed by atoms with Gasteiger partial charge >= 0.3 is 0 Å². The second-order valence-corrected chi connectivity index (χ2v) is 3.37. The first-order valence-corrected chi connectivity index (χ1v) is 5.11. The van der Waals surface area contributed by atoms with E-state index in [-0.39, 0.29) is 6.61 Å². The van der Waals surface area contributed by atoms with Gasteiger partial charge in [-0.15, -0.1) is 0 Å². The molecule has 0 saturated heterocycles. The summed E-state index contributed by atoms with van der Waals surface area (Å²) < 4.78 is 5.47. The quantitative estimate of drug-likeness (QED) is 0.779. The molecule has 0 bridgehead atoms. The molecule has 0 amide bonds. The van der Waals surface area contributed by atoms with E-state index in [9.17, 15) is 0 Å². The topological polar surface area (TPSA) is 29.5 Å². The summed E-state index contributed by atoms with van der Waals surface area (Å²) in [6, 6.07) is 6.05. The number of aryl methyl sites for hydroxylation is 1. The molecule has 2 nitrogen and oxygen atoms in total. The minimum Gasteiger partial charge on any atom is -0.491 e. The summed E-state index contributed by atoms with van der Waals surface area (Å²) in [6.07, 6.45) is 2.15. The first-order chi connectivity index (χ1) is 6.79. The Balaban J connectivity index is 2.83. The van der Waals surface area contributed by atoms with Gasteiger partial charge in [-0.2, -0.15) is 0 Å². The SMILES string of the molecule is CCCc1c(C)cccc1OCCO. The highest BCUT2D eigenvalue weighted by atomic mass is 16.5. The lowest BCUT2D eigenvalue weighted by Crippen LogP contribution is -2.04. The second kappa shape index (κ2) is 5.66. The van der Waals surface area contributed by atoms with E-state index >= 15 is 0 Å². The number of aliphatic hydroxyl groups excluding tert-OH is 1. The summed E-state index contributed by atoms with van der Waals surface area (Å²) in [5.74, 6) is 0.918. The lowest BCUT2D eigenvalue weighted by Gasteiger charge is -2.12. The normalized spacial score (nSPS) is 10.2. The summed E-state index contributed by atoms with van der Waals surface area (Å²) in [5, 5.41) is 8.69. The second-order valence-electron chi connectivity index (χ2n) is 3.37. The maximum absolute atomic E-state index is 8.69. The first kappa shape index (κ1) is 11.1. The highest BCUT2D eigenvalue weighted by molar-refractivity contribution is 5.39. The molecule has 1 rings (SSSR count). The maximum Gasteiger partial charge on any atom is 0.122 e. The van der Waals surface area contributed by atoms with Gasteiger partial charge in [-0.05, 0) is 30.5 Å². The first-order valence-electron chi connectivity index (χ1n) is 5.11. The van der Waals surface area contributed by atoms with Crippen LogP contribution in [0, 0.1) is 6.92 Å². The van der Waals surface area contributed by atoms with E-state index in [2.05, 4.69) is 19.9 Å². The minimum atomic E-state index is 0.0690. The Morgan fingerprint density at radius 2 is 2.14 bits per heavy atom. The molecule has 0 atom stereocenters. The van der Waals surface area contributed by atoms with Crippen molar-refractivity contribution in [2.75, 3.05) is 13.2 Å². The van der Waals surface area contributed by atoms with Crippen LogP contribution in [0.1, 0.15) is 24.5 Å². The minimum absolute atomic E-state index is 0.0690. The summed E-state index contributed by atoms with van der Waals surface area (Å²) in [5.41, 5.74) is 2.53. The van der Waals surface area contributed by atoms with Crippen molar-refractivity contribution >= 4 is 0 Å². The fraction of sp³-hybridized carbons (Fsp3) is 0.500. The molecule has 0 saturated carbocycles. The van der Waals surface area contributed by atoms with Gasteiger partial charge in [0.1, 0.15) is 12.4 Å². The fourth-order valence-corrected chi connectivity index (χ4v) is 1.54. The van der Waals surface area contributed by atoms with Crippen LogP contribution < -0.4 is 4.74 Å². The molecule has 0 aliphatic carbocycles. The number of ether oxygens (including phenoxy) is 1. The van der Waals surface area contributed by atoms with Crippen LogP contribution in [0.25, 0.3) is 0 Å². The number of hydrogen-bond donors (Lipinski definition) is 1. The van der Waals surface area contributed by atoms with Crippen LogP contribution in [0.3, 0.4) is 0 Å². The van der Waals surface area contributed by atoms with Crippen LogP contribution in [0.5, 0.6) is 5.75 Å². The Morgan fingerprint density at radius 1 is 1.36 bits per heavy atom. The fourth-order valence-electron chi connectivity index (χ4n) is 1.54. The molecular formula is C12H18O2. The standard InChI is InChI=1S/C12H18O2/c1-3-5-11-10(2)6-4-7-12(11)14-9-8-13/h4,6-7,13H,3,5,8-9H2,1-2H3. The van der Waals surface area contributed by atoms with E-state index in [0.717, 1.165) is 18.6 Å². The highest BCUT2D eigenvalue weighted by Gasteiger charge is 2.04. The van der Waals surface area contributed by atoms with Gasteiger partial charge in [0, 0.05) is 0 Å². The molecule has 0 aliphatic rings. The van der Waals surface area contributed by atoms with Crippen molar-refractivity contribution in [2.24, 2.45) is 0 Å². The zero-order chi connectivity index (χ0) is 10.4. The Labute approximate surface area is 85.5 Å². The van der Waals surface area contributed by atoms with Crippen molar-refractivity contribution < 1.29 is 9.84 Å². The van der Waals surface area contributed by atoms with Gasteiger partial charge in [-0.3, -0.25) is 0 Å². The molecule has 0 fully saturated rings. The maximum atomic E-state index is 8.69. The Bertz CT molecular complexity index is 282. The van der Waals surface area contributed by atoms with Crippen LogP contribution in [0.15, 0.2) is 18.2 Å². The lowest BCUT2D eigenvalue weighted by molar-refractivity contribution is 0.200. The van der Waals surface area contributed by atoms with E-state index in [1.165, 1.54) is 11.1 Å². The molecule has 1 aromatic carbocycles. The predicted octanol–water partition coefficient (Wildman–Crippen LogP) is 2.32. The summed E-state index contributed by atoms with van der Waals surface area (Å²) in [7, 11) is 0. The summed E-state index contributed by atoms with van der Waals surface area (Å²) in [6.45, 7) is 4.69. The number of rotatable bonds is 5. The monoisotopic (exact) mass is 194 g/mol. The van der Waals surface area contributed by atoms with Gasteiger partial charge in [0.2, 0.25) is 0 Å². The van der Waals surface area contributed by atoms with Crippen molar-refractivity contribution in [3.8, 4) is 5.75 Å². The van der Waals surface area contributed by atoms with Crippen LogP contribution in [-0.2, 0) is 6.42 Å². The van der Waals surface area contributed by atoms with E-state index in [0.29, 0.717) is 6.61 Å². The van der Waals surface area contributed by atoms with Crippen molar-refractivity contribution in [2.45, 2.75) is 26.7 Å². The Morgan fingerprint density at radius 3 is 2.79 bits per heavy atom. The van der Waals surface area contributed by atoms with Crippen LogP contribution >= 0.6 is 0 Å². The predicted molar refractivity (Wildman–Crippen MR) is 57.8 cm³/mol. The summed E-state index contributed by atoms with van der Waals surface area (Å²) in [4.78, 5) is 0. The molecule has 0 unspecified atom stereocenters. The molecule has 1 N–H and O–H groups in total. The van der Waals surface area contributed by atoms with E-state index in [1.54, 1.807) is 0 Å². The molecular weight excluding hydrogens is 176 g/mol. The highest BCUT2D eigenvalue weighted by Crippen LogP contribution is 2.23. The molecule has 1 aromatic rings. The molecule has 0 radical (unpaired) electrons. The molecule has 2 heteroatoms. The average Bonchev–Trinajstić information content (AvgIpc) is 2.19. The summed E-state index contributed by atoms with van der Waals surface area (Å²) >= 11 is 0. The largest absolute Gasteiger partial charge is 0.491 e. The third-order valence-corrected chi connectivity index (χ3v) is 2.22. The van der Waals surface area contributed by atoms with Gasteiger partial charge in [0.25, 0.3) is 0 Å². The van der Waals surface area contributed by atoms with Gasteiger partial charge in [0.15, 0.2) is 0 Å². The van der Waals surface area contributed by atoms with Gasteiger partial charge in [0.05, 0.1) is 6.61 Å². The zero-order valence-corrected chi connectivity index (χ0v) is 8.92. The van der Waals surface area contributed by atoms with Crippen molar-refractivity contribution in [1.82, 2.24) is 0 Å². The van der Waals surface area contributed by atoms with Crippen molar-refractivity contribution in [1.29, 1.82) is 0 Å². The van der Waals surface area contributed by atoms with Crippen molar-refractivity contribution in [3.63, 3.8) is 0 Å². The molecule has 0 aliphatic heterocycles. The molecule has 78 valence electrons. The average molecular weight is 194 g/mol. The van der Waals surface area contributed by atoms with Crippen LogP contribution in [-0.4, -0.2) is 18.3 Å². The Kier molecular flexibility index (Phi) is 4.47. The van der Waals surface area contributed by atoms with E-state index in [1.807, 2.05) is 12.1 Å². The molecule has 0 heterocycles. The van der Waals surface area contributed by atoms with Gasteiger partial charge in [-0.1, -0.05) is 25.5 Å². The molecule has 14 heavy (non-hydrogen) atoms.